The van der Waals surface area contributed by atoms with Crippen LogP contribution >= 0.6 is 10.7 Å². The van der Waals surface area contributed by atoms with Crippen LogP contribution in [0.2, 0.25) is 0 Å². The van der Waals surface area contributed by atoms with Crippen molar-refractivity contribution in [1.29, 1.82) is 0 Å². The largest absolute Gasteiger partial charge is 0.289 e. The minimum Gasteiger partial charge on any atom is -0.289 e. The topological polar surface area (TPSA) is 166 Å². The molecule has 0 saturated carbocycles. The van der Waals surface area contributed by atoms with Gasteiger partial charge >= 0.3 is 0 Å². The van der Waals surface area contributed by atoms with E-state index in [0.717, 1.165) is 0 Å². The first-order valence-electron chi connectivity index (χ1n) is 5.34. The SMILES string of the molecule is [N-]=[N+]=NC1=C(S(=O)(=O)Cl)C(=O)c2c(N=[N+]=[N-])cccc2C1=O. The maximum atomic E-state index is 12.3. The Kier molecular flexibility index (Phi) is 3.89. The van der Waals surface area contributed by atoms with Gasteiger partial charge in [-0.2, -0.15) is 0 Å². The Bertz CT molecular complexity index is 954. The van der Waals surface area contributed by atoms with Gasteiger partial charge < -0.3 is 0 Å². The van der Waals surface area contributed by atoms with Gasteiger partial charge in [0, 0.05) is 37.3 Å². The van der Waals surface area contributed by atoms with Crippen molar-refractivity contribution in [3.8, 4) is 0 Å². The maximum absolute atomic E-state index is 12.3. The van der Waals surface area contributed by atoms with Gasteiger partial charge in [0.1, 0.15) is 10.6 Å². The lowest BCUT2D eigenvalue weighted by Crippen LogP contribution is -2.24. The molecule has 0 atom stereocenters. The van der Waals surface area contributed by atoms with Gasteiger partial charge in [-0.1, -0.05) is 28.4 Å². The Hall–Kier alpha value is -2.84. The monoisotopic (exact) mass is 338 g/mol. The quantitative estimate of drug-likeness (QED) is 0.357. The van der Waals surface area contributed by atoms with Crippen LogP contribution < -0.4 is 0 Å². The van der Waals surface area contributed by atoms with Crippen LogP contribution in [-0.2, 0) is 9.05 Å². The third-order valence-electron chi connectivity index (χ3n) is 2.69. The van der Waals surface area contributed by atoms with Crippen molar-refractivity contribution in [2.24, 2.45) is 10.2 Å². The van der Waals surface area contributed by atoms with Crippen LogP contribution in [0.3, 0.4) is 0 Å². The van der Waals surface area contributed by atoms with Gasteiger partial charge in [-0.3, -0.25) is 9.59 Å². The number of hydrogen-bond donors (Lipinski definition) is 0. The van der Waals surface area contributed by atoms with Crippen molar-refractivity contribution in [3.63, 3.8) is 0 Å². The lowest BCUT2D eigenvalue weighted by Gasteiger charge is -2.17. The van der Waals surface area contributed by atoms with E-state index in [9.17, 15) is 18.0 Å². The number of nitrogens with zero attached hydrogens (tertiary/aromatic N) is 6. The van der Waals surface area contributed by atoms with Crippen LogP contribution in [-0.4, -0.2) is 20.0 Å². The summed E-state index contributed by atoms with van der Waals surface area (Å²) in [5, 5.41) is 6.20. The van der Waals surface area contributed by atoms with E-state index in [1.54, 1.807) is 0 Å². The van der Waals surface area contributed by atoms with Crippen LogP contribution in [0.25, 0.3) is 20.9 Å². The molecule has 110 valence electrons. The summed E-state index contributed by atoms with van der Waals surface area (Å²) in [6.45, 7) is 0. The zero-order valence-electron chi connectivity index (χ0n) is 10.3. The van der Waals surface area contributed by atoms with Gasteiger partial charge in [0.25, 0.3) is 9.05 Å². The summed E-state index contributed by atoms with van der Waals surface area (Å²) in [7, 11) is 0.481. The summed E-state index contributed by atoms with van der Waals surface area (Å²) in [6, 6.07) is 3.75. The van der Waals surface area contributed by atoms with E-state index >= 15 is 0 Å². The summed E-state index contributed by atoms with van der Waals surface area (Å²) in [5.74, 6) is -2.20. The Balaban J connectivity index is 2.95. The van der Waals surface area contributed by atoms with Crippen LogP contribution in [0.1, 0.15) is 20.7 Å². The third-order valence-corrected chi connectivity index (χ3v) is 4.02. The Morgan fingerprint density at radius 2 is 1.68 bits per heavy atom. The number of hydrogen-bond acceptors (Lipinski definition) is 6. The number of fused-ring (bicyclic) bond motifs is 1. The minimum absolute atomic E-state index is 0.240. The normalized spacial score (nSPS) is 14.0. The van der Waals surface area contributed by atoms with Crippen molar-refractivity contribution >= 4 is 37.0 Å². The highest BCUT2D eigenvalue weighted by atomic mass is 35.7. The summed E-state index contributed by atoms with van der Waals surface area (Å²) in [6.07, 6.45) is 0. The molecule has 0 bridgehead atoms. The highest BCUT2D eigenvalue weighted by Gasteiger charge is 2.39. The molecule has 0 radical (unpaired) electrons. The molecule has 0 aliphatic heterocycles. The predicted molar refractivity (Wildman–Crippen MR) is 74.9 cm³/mol. The van der Waals surface area contributed by atoms with Crippen molar-refractivity contribution in [1.82, 2.24) is 0 Å². The second kappa shape index (κ2) is 5.51. The molecule has 1 aliphatic rings. The van der Waals surface area contributed by atoms with Crippen molar-refractivity contribution in [3.05, 3.63) is 60.8 Å². The molecule has 0 unspecified atom stereocenters. The summed E-state index contributed by atoms with van der Waals surface area (Å²) >= 11 is 0. The molecule has 1 aliphatic carbocycles. The van der Waals surface area contributed by atoms with Gasteiger partial charge in [-0.15, -0.1) is 0 Å². The lowest BCUT2D eigenvalue weighted by atomic mass is 9.91. The number of ketones is 2. The Labute approximate surface area is 126 Å². The molecular weight excluding hydrogens is 336 g/mol. The van der Waals surface area contributed by atoms with E-state index in [4.69, 9.17) is 21.7 Å². The molecule has 22 heavy (non-hydrogen) atoms. The molecule has 0 amide bonds. The molecule has 12 heteroatoms. The van der Waals surface area contributed by atoms with Crippen LogP contribution in [0, 0.1) is 0 Å². The first-order valence-corrected chi connectivity index (χ1v) is 7.65. The smallest absolute Gasteiger partial charge is 0.265 e. The average molecular weight is 339 g/mol. The molecule has 0 fully saturated rings. The number of Topliss-reactive ketones (excluding diaryl/α,β-unsaturated/α-hetero) is 2. The number of halogens is 1. The van der Waals surface area contributed by atoms with E-state index < -0.39 is 36.8 Å². The van der Waals surface area contributed by atoms with Gasteiger partial charge in [-0.25, -0.2) is 8.42 Å². The fourth-order valence-corrected chi connectivity index (χ4v) is 3.03. The van der Waals surface area contributed by atoms with Crippen molar-refractivity contribution in [2.75, 3.05) is 0 Å². The summed E-state index contributed by atoms with van der Waals surface area (Å²) < 4.78 is 23.1. The molecule has 0 heterocycles. The molecule has 0 aromatic heterocycles. The maximum Gasteiger partial charge on any atom is 0.265 e. The zero-order valence-corrected chi connectivity index (χ0v) is 11.9. The lowest BCUT2D eigenvalue weighted by molar-refractivity contribution is 0.0980. The molecule has 2 rings (SSSR count). The van der Waals surface area contributed by atoms with Gasteiger partial charge in [-0.05, 0) is 11.1 Å². The van der Waals surface area contributed by atoms with E-state index in [1.165, 1.54) is 18.2 Å². The molecule has 0 spiro atoms. The van der Waals surface area contributed by atoms with Crippen LogP contribution in [0.15, 0.2) is 39.0 Å². The standard InChI is InChI=1S/C10H3ClN6O4S/c11-22(20,21)10-7(15-17-13)8(18)4-2-1-3-5(14-16-12)6(4)9(10)19/h1-3H. The molecule has 10 nitrogen and oxygen atoms in total. The Morgan fingerprint density at radius 3 is 2.23 bits per heavy atom. The van der Waals surface area contributed by atoms with Gasteiger partial charge in [0.2, 0.25) is 5.78 Å². The number of azide groups is 2. The van der Waals surface area contributed by atoms with Gasteiger partial charge in [0.15, 0.2) is 5.78 Å². The fourth-order valence-electron chi connectivity index (χ4n) is 1.91. The number of rotatable bonds is 3. The van der Waals surface area contributed by atoms with Crippen molar-refractivity contribution < 1.29 is 18.0 Å². The summed E-state index contributed by atoms with van der Waals surface area (Å²) in [5.41, 5.74) is 15.1. The summed E-state index contributed by atoms with van der Waals surface area (Å²) in [4.78, 5) is 28.3. The molecular formula is C10H3ClN6O4S. The highest BCUT2D eigenvalue weighted by molar-refractivity contribution is 8.17. The highest BCUT2D eigenvalue weighted by Crippen LogP contribution is 2.36. The van der Waals surface area contributed by atoms with Crippen molar-refractivity contribution in [2.45, 2.75) is 0 Å². The van der Waals surface area contributed by atoms with Gasteiger partial charge in [0.05, 0.1) is 0 Å². The molecule has 0 N–H and O–H groups in total. The van der Waals surface area contributed by atoms with E-state index in [-0.39, 0.29) is 11.3 Å². The van der Waals surface area contributed by atoms with E-state index in [0.29, 0.717) is 0 Å². The number of carbonyl (C=O) groups is 2. The van der Waals surface area contributed by atoms with Crippen LogP contribution in [0.5, 0.6) is 0 Å². The van der Waals surface area contributed by atoms with E-state index in [2.05, 4.69) is 20.1 Å². The number of carbonyl (C=O) groups excluding carboxylic acids is 2. The first kappa shape index (κ1) is 15.5. The van der Waals surface area contributed by atoms with E-state index in [1.807, 2.05) is 0 Å². The predicted octanol–water partition coefficient (Wildman–Crippen LogP) is 3.10. The third kappa shape index (κ3) is 2.41. The second-order valence-corrected chi connectivity index (χ2v) is 6.36. The Morgan fingerprint density at radius 1 is 1.05 bits per heavy atom. The minimum atomic E-state index is -4.67. The number of allylic oxidation sites excluding steroid dienone is 2. The molecule has 1 aromatic carbocycles. The molecule has 0 saturated heterocycles. The average Bonchev–Trinajstić information content (AvgIpc) is 2.43. The van der Waals surface area contributed by atoms with Crippen LogP contribution in [0.4, 0.5) is 5.69 Å². The number of benzene rings is 1. The second-order valence-electron chi connectivity index (χ2n) is 3.85. The first-order chi connectivity index (χ1) is 10.3. The molecule has 1 aromatic rings. The zero-order chi connectivity index (χ0) is 16.5. The fraction of sp³-hybridized carbons (Fsp3) is 0.